The van der Waals surface area contributed by atoms with E-state index in [1.165, 1.54) is 0 Å². The van der Waals surface area contributed by atoms with Crippen LogP contribution in [0.25, 0.3) is 0 Å². The Hall–Kier alpha value is -0.0394. The van der Waals surface area contributed by atoms with Gasteiger partial charge in [-0.05, 0) is 0 Å². The summed E-state index contributed by atoms with van der Waals surface area (Å²) < 4.78 is 23.9. The van der Waals surface area contributed by atoms with E-state index in [9.17, 15) is 9.90 Å². The average Bonchev–Trinajstić information content (AvgIpc) is 2.32. The molecular formula is C15H36O6Si3-2. The summed E-state index contributed by atoms with van der Waals surface area (Å²) in [6, 6.07) is 0. The van der Waals surface area contributed by atoms with E-state index in [1.54, 1.807) is 0 Å². The fourth-order valence-corrected chi connectivity index (χ4v) is 5.61. The number of hydrogen-bond donors (Lipinski definition) is 1. The molecule has 0 aliphatic carbocycles. The molecule has 0 aromatic rings. The molecule has 1 aliphatic rings. The van der Waals surface area contributed by atoms with E-state index in [-0.39, 0.29) is 6.61 Å². The van der Waals surface area contributed by atoms with Crippen molar-refractivity contribution in [3.05, 3.63) is 0 Å². The molecule has 0 bridgehead atoms. The van der Waals surface area contributed by atoms with Crippen LogP contribution >= 0.6 is 0 Å². The van der Waals surface area contributed by atoms with Gasteiger partial charge in [-0.25, -0.2) is 0 Å². The fourth-order valence-electron chi connectivity index (χ4n) is 2.50. The Morgan fingerprint density at radius 3 is 2.00 bits per heavy atom. The zero-order chi connectivity index (χ0) is 18.9. The first-order valence-corrected chi connectivity index (χ1v) is 20.3. The SMILES string of the molecule is C[Si](C)(C)O[C@H]1[C@H](O[SiH-](C)(C)C)[C@@H](O)C(=O)O[C@@H]1CO[SiH-](C)(C)C. The topological polar surface area (TPSA) is 74.2 Å². The number of cyclic esters (lactones) is 1. The second kappa shape index (κ2) is 7.68. The van der Waals surface area contributed by atoms with Crippen molar-refractivity contribution < 1.29 is 27.9 Å². The summed E-state index contributed by atoms with van der Waals surface area (Å²) in [5.41, 5.74) is 0. The van der Waals surface area contributed by atoms with Crippen molar-refractivity contribution >= 4 is 30.9 Å². The van der Waals surface area contributed by atoms with E-state index in [0.29, 0.717) is 0 Å². The molecule has 0 amide bonds. The molecule has 0 aromatic heterocycles. The summed E-state index contributed by atoms with van der Waals surface area (Å²) in [6.07, 6.45) is -3.04. The van der Waals surface area contributed by atoms with Crippen LogP contribution in [0.4, 0.5) is 0 Å². The molecule has 24 heavy (non-hydrogen) atoms. The standard InChI is InChI=1S/C15H36O6Si3/c1-22(2,3)18-10-11-13(20-23(4,5)6)14(21-24(7,8)9)12(16)15(17)19-11/h11-14,16,22,24H,10H2,1-9H3/q-2/t11-,12-,13-,14-/m1/s1. The first-order valence-electron chi connectivity index (χ1n) is 9.00. The number of hydrogen-bond acceptors (Lipinski definition) is 6. The Morgan fingerprint density at radius 1 is 1.04 bits per heavy atom. The second-order valence-corrected chi connectivity index (χ2v) is 24.7. The zero-order valence-electron chi connectivity index (χ0n) is 16.7. The number of aliphatic hydroxyl groups is 1. The Balaban J connectivity index is 3.07. The van der Waals surface area contributed by atoms with Gasteiger partial charge in [-0.15, -0.1) is 0 Å². The molecule has 0 aromatic carbocycles. The maximum absolute atomic E-state index is 12.1. The van der Waals surface area contributed by atoms with Crippen molar-refractivity contribution in [1.29, 1.82) is 0 Å². The third-order valence-electron chi connectivity index (χ3n) is 3.33. The number of aliphatic hydroxyl groups excluding tert-OH is 1. The molecule has 0 radical (unpaired) electrons. The Bertz CT molecular complexity index is 438. The van der Waals surface area contributed by atoms with E-state index in [1.807, 2.05) is 0 Å². The number of carbonyl (C=O) groups is 1. The third kappa shape index (κ3) is 7.46. The summed E-state index contributed by atoms with van der Waals surface area (Å²) in [5.74, 6) is -0.647. The molecule has 1 saturated heterocycles. The molecule has 0 unspecified atom stereocenters. The minimum absolute atomic E-state index is 0.288. The van der Waals surface area contributed by atoms with E-state index < -0.39 is 55.3 Å². The summed E-state index contributed by atoms with van der Waals surface area (Å²) in [7, 11) is -6.26. The van der Waals surface area contributed by atoms with Crippen molar-refractivity contribution in [1.82, 2.24) is 0 Å². The van der Waals surface area contributed by atoms with E-state index in [2.05, 4.69) is 58.9 Å². The van der Waals surface area contributed by atoms with Crippen molar-refractivity contribution in [2.45, 2.75) is 83.3 Å². The summed E-state index contributed by atoms with van der Waals surface area (Å²) >= 11 is 0. The van der Waals surface area contributed by atoms with Gasteiger partial charge in [0.05, 0.1) is 0 Å². The number of rotatable bonds is 7. The van der Waals surface area contributed by atoms with E-state index >= 15 is 0 Å². The first kappa shape index (κ1) is 22.0. The Kier molecular flexibility index (Phi) is 7.04. The van der Waals surface area contributed by atoms with Crippen LogP contribution in [-0.4, -0.2) is 67.1 Å². The third-order valence-corrected chi connectivity index (χ3v) is 6.63. The molecule has 4 atom stereocenters. The number of esters is 1. The average molecular weight is 397 g/mol. The molecule has 9 heteroatoms. The van der Waals surface area contributed by atoms with Gasteiger partial charge in [0.1, 0.15) is 0 Å². The van der Waals surface area contributed by atoms with Gasteiger partial charge >= 0.3 is 149 Å². The van der Waals surface area contributed by atoms with Gasteiger partial charge in [0.15, 0.2) is 0 Å². The second-order valence-electron chi connectivity index (χ2n) is 9.93. The van der Waals surface area contributed by atoms with Gasteiger partial charge in [0.2, 0.25) is 0 Å². The maximum atomic E-state index is 12.1. The van der Waals surface area contributed by atoms with Crippen LogP contribution in [0.1, 0.15) is 0 Å². The van der Waals surface area contributed by atoms with Crippen LogP contribution in [0.5, 0.6) is 0 Å². The van der Waals surface area contributed by atoms with Crippen LogP contribution in [-0.2, 0) is 22.8 Å². The molecule has 0 spiro atoms. The molecular weight excluding hydrogens is 360 g/mol. The Labute approximate surface area is 149 Å². The Morgan fingerprint density at radius 2 is 1.58 bits per heavy atom. The van der Waals surface area contributed by atoms with E-state index in [4.69, 9.17) is 18.0 Å². The molecule has 6 nitrogen and oxygen atoms in total. The quantitative estimate of drug-likeness (QED) is 0.524. The zero-order valence-corrected chi connectivity index (χ0v) is 20.0. The van der Waals surface area contributed by atoms with Gasteiger partial charge in [0, 0.05) is 0 Å². The normalized spacial score (nSPS) is 30.8. The molecule has 1 fully saturated rings. The van der Waals surface area contributed by atoms with Crippen molar-refractivity contribution in [2.24, 2.45) is 0 Å². The molecule has 1 N–H and O–H groups in total. The summed E-state index contributed by atoms with van der Waals surface area (Å²) in [6.45, 7) is 19.0. The molecule has 1 aliphatic heterocycles. The fraction of sp³-hybridized carbons (Fsp3) is 0.933. The minimum atomic E-state index is -2.28. The molecule has 0 saturated carbocycles. The van der Waals surface area contributed by atoms with Crippen LogP contribution in [0.3, 0.4) is 0 Å². The van der Waals surface area contributed by atoms with Crippen LogP contribution in [0, 0.1) is 0 Å². The first-order chi connectivity index (χ1) is 10.6. The van der Waals surface area contributed by atoms with Gasteiger partial charge < -0.3 is 0 Å². The van der Waals surface area contributed by atoms with Crippen molar-refractivity contribution in [3.63, 3.8) is 0 Å². The predicted octanol–water partition coefficient (Wildman–Crippen LogP) is 2.03. The molecule has 146 valence electrons. The van der Waals surface area contributed by atoms with Crippen LogP contribution < -0.4 is 0 Å². The van der Waals surface area contributed by atoms with Gasteiger partial charge in [-0.1, -0.05) is 0 Å². The number of carbonyl (C=O) groups excluding carboxylic acids is 1. The monoisotopic (exact) mass is 396 g/mol. The van der Waals surface area contributed by atoms with E-state index in [0.717, 1.165) is 0 Å². The van der Waals surface area contributed by atoms with Gasteiger partial charge in [-0.3, -0.25) is 0 Å². The molecule has 1 heterocycles. The summed E-state index contributed by atoms with van der Waals surface area (Å²) in [4.78, 5) is 12.1. The summed E-state index contributed by atoms with van der Waals surface area (Å²) in [5, 5.41) is 10.3. The van der Waals surface area contributed by atoms with Crippen LogP contribution in [0.2, 0.25) is 58.9 Å². The predicted molar refractivity (Wildman–Crippen MR) is 104 cm³/mol. The van der Waals surface area contributed by atoms with Gasteiger partial charge in [0.25, 0.3) is 0 Å². The van der Waals surface area contributed by atoms with Crippen molar-refractivity contribution in [2.75, 3.05) is 6.61 Å². The number of ether oxygens (including phenoxy) is 1. The van der Waals surface area contributed by atoms with Crippen molar-refractivity contribution in [3.8, 4) is 0 Å². The van der Waals surface area contributed by atoms with Gasteiger partial charge in [-0.2, -0.15) is 0 Å². The molecule has 1 rings (SSSR count). The van der Waals surface area contributed by atoms with Crippen LogP contribution in [0.15, 0.2) is 0 Å².